The van der Waals surface area contributed by atoms with Gasteiger partial charge in [-0.15, -0.1) is 0 Å². The van der Waals surface area contributed by atoms with E-state index in [0.29, 0.717) is 54.9 Å². The molecule has 2 aliphatic rings. The van der Waals surface area contributed by atoms with Crippen molar-refractivity contribution in [2.75, 3.05) is 0 Å². The molecule has 0 saturated heterocycles. The number of ether oxygens (including phenoxy) is 1. The van der Waals surface area contributed by atoms with Crippen molar-refractivity contribution in [2.24, 2.45) is 17.8 Å². The number of benzene rings is 1. The fourth-order valence-electron chi connectivity index (χ4n) is 4.33. The number of alkyl halides is 2. The summed E-state index contributed by atoms with van der Waals surface area (Å²) in [4.78, 5) is 0. The summed E-state index contributed by atoms with van der Waals surface area (Å²) in [5, 5.41) is 0.455. The highest BCUT2D eigenvalue weighted by Gasteiger charge is 2.45. The summed E-state index contributed by atoms with van der Waals surface area (Å²) in [6.07, 6.45) is 2.85. The average Bonchev–Trinajstić information content (AvgIpc) is 2.60. The smallest absolute Gasteiger partial charge is 0.400 e. The van der Waals surface area contributed by atoms with Gasteiger partial charge in [0, 0.05) is 17.4 Å². The first-order valence-corrected chi connectivity index (χ1v) is 9.67. The lowest BCUT2D eigenvalue weighted by Crippen LogP contribution is -2.38. The molecule has 7 heteroatoms. The summed E-state index contributed by atoms with van der Waals surface area (Å²) in [6, 6.07) is 0.904. The largest absolute Gasteiger partial charge is 0.432 e. The van der Waals surface area contributed by atoms with Crippen LogP contribution in [0.25, 0.3) is 0 Å². The first-order valence-electron chi connectivity index (χ1n) is 9.15. The van der Waals surface area contributed by atoms with Crippen LogP contribution in [-0.2, 0) is 0 Å². The number of halogens is 5. The highest BCUT2D eigenvalue weighted by molar-refractivity contribution is 7.80. The summed E-state index contributed by atoms with van der Waals surface area (Å²) in [6.45, 7) is 0. The normalized spacial score (nSPS) is 30.2. The van der Waals surface area contributed by atoms with Crippen LogP contribution in [0.5, 0.6) is 5.75 Å². The molecular weight excluding hydrogens is 371 g/mol. The molecule has 2 fully saturated rings. The van der Waals surface area contributed by atoms with Crippen LogP contribution in [0.3, 0.4) is 0 Å². The van der Waals surface area contributed by atoms with Gasteiger partial charge in [0.05, 0.1) is 5.92 Å². The van der Waals surface area contributed by atoms with Gasteiger partial charge in [0.1, 0.15) is 5.75 Å². The number of rotatable bonds is 4. The van der Waals surface area contributed by atoms with E-state index in [1.54, 1.807) is 0 Å². The maximum atomic E-state index is 14.4. The van der Waals surface area contributed by atoms with Crippen LogP contribution in [0.2, 0.25) is 0 Å². The Morgan fingerprint density at radius 3 is 1.77 bits per heavy atom. The van der Waals surface area contributed by atoms with Gasteiger partial charge in [0.2, 0.25) is 0 Å². The minimum absolute atomic E-state index is 0.310. The minimum Gasteiger partial charge on any atom is -0.432 e. The van der Waals surface area contributed by atoms with E-state index in [4.69, 9.17) is 0 Å². The van der Waals surface area contributed by atoms with E-state index in [-0.39, 0.29) is 0 Å². The maximum Gasteiger partial charge on any atom is 0.400 e. The molecule has 2 saturated carbocycles. The highest BCUT2D eigenvalue weighted by Crippen LogP contribution is 2.45. The first kappa shape index (κ1) is 19.8. The third kappa shape index (κ3) is 4.46. The monoisotopic (exact) mass is 394 g/mol. The fraction of sp³-hybridized carbons (Fsp3) is 0.684. The Morgan fingerprint density at radius 2 is 1.27 bits per heavy atom. The van der Waals surface area contributed by atoms with E-state index in [2.05, 4.69) is 17.4 Å². The lowest BCUT2D eigenvalue weighted by atomic mass is 9.70. The van der Waals surface area contributed by atoms with Crippen molar-refractivity contribution in [2.45, 2.75) is 62.7 Å². The van der Waals surface area contributed by atoms with E-state index in [0.717, 1.165) is 25.7 Å². The molecule has 2 aliphatic carbocycles. The van der Waals surface area contributed by atoms with Gasteiger partial charge in [-0.25, -0.2) is 13.2 Å². The minimum atomic E-state index is -3.54. The van der Waals surface area contributed by atoms with Crippen molar-refractivity contribution in [1.29, 1.82) is 0 Å². The van der Waals surface area contributed by atoms with Gasteiger partial charge in [-0.2, -0.15) is 21.4 Å². The molecule has 3 rings (SSSR count). The molecule has 0 unspecified atom stereocenters. The van der Waals surface area contributed by atoms with E-state index in [1.807, 2.05) is 0 Å². The highest BCUT2D eigenvalue weighted by atomic mass is 32.1. The lowest BCUT2D eigenvalue weighted by molar-refractivity contribution is -0.224. The zero-order chi connectivity index (χ0) is 18.9. The molecule has 0 amide bonds. The van der Waals surface area contributed by atoms with Gasteiger partial charge in [-0.1, -0.05) is 0 Å². The Labute approximate surface area is 155 Å². The fourth-order valence-corrected chi connectivity index (χ4v) is 4.63. The van der Waals surface area contributed by atoms with Crippen molar-refractivity contribution < 1.29 is 26.7 Å². The van der Waals surface area contributed by atoms with E-state index in [9.17, 15) is 22.0 Å². The summed E-state index contributed by atoms with van der Waals surface area (Å²) in [5.41, 5.74) is 0. The van der Waals surface area contributed by atoms with Gasteiger partial charge >= 0.3 is 6.11 Å². The third-order valence-corrected chi connectivity index (χ3v) is 6.38. The zero-order valence-corrected chi connectivity index (χ0v) is 15.3. The molecular formula is C19H23F5OS. The van der Waals surface area contributed by atoms with Crippen LogP contribution in [0.15, 0.2) is 12.1 Å². The Hall–Kier alpha value is -0.980. The molecule has 26 heavy (non-hydrogen) atoms. The Balaban J connectivity index is 1.57. The molecule has 0 spiro atoms. The van der Waals surface area contributed by atoms with Crippen LogP contribution in [-0.4, -0.2) is 11.4 Å². The number of thiol groups is 1. The van der Waals surface area contributed by atoms with Crippen molar-refractivity contribution in [3.63, 3.8) is 0 Å². The number of hydrogen-bond donors (Lipinski definition) is 1. The predicted molar refractivity (Wildman–Crippen MR) is 92.1 cm³/mol. The second-order valence-electron chi connectivity index (χ2n) is 7.55. The lowest BCUT2D eigenvalue weighted by Gasteiger charge is -2.38. The van der Waals surface area contributed by atoms with E-state index >= 15 is 0 Å². The molecule has 0 aliphatic heterocycles. The molecule has 0 bridgehead atoms. The summed E-state index contributed by atoms with van der Waals surface area (Å²) in [5.74, 6) is -5.45. The molecule has 146 valence electrons. The van der Waals surface area contributed by atoms with Crippen LogP contribution in [0.4, 0.5) is 22.0 Å². The van der Waals surface area contributed by atoms with E-state index in [1.165, 1.54) is 0 Å². The summed E-state index contributed by atoms with van der Waals surface area (Å²) < 4.78 is 72.7. The topological polar surface area (TPSA) is 9.23 Å². The van der Waals surface area contributed by atoms with Crippen LogP contribution in [0.1, 0.15) is 51.4 Å². The van der Waals surface area contributed by atoms with E-state index < -0.39 is 35.2 Å². The zero-order valence-electron chi connectivity index (χ0n) is 14.4. The van der Waals surface area contributed by atoms with Crippen molar-refractivity contribution in [3.8, 4) is 5.75 Å². The second-order valence-corrected chi connectivity index (χ2v) is 8.28. The van der Waals surface area contributed by atoms with Gasteiger partial charge in [-0.05, 0) is 63.2 Å². The van der Waals surface area contributed by atoms with Gasteiger partial charge in [-0.3, -0.25) is 0 Å². The molecule has 0 radical (unpaired) electrons. The molecule has 1 aromatic rings. The Morgan fingerprint density at radius 1 is 0.808 bits per heavy atom. The van der Waals surface area contributed by atoms with Crippen molar-refractivity contribution >= 4 is 12.6 Å². The van der Waals surface area contributed by atoms with Gasteiger partial charge in [0.25, 0.3) is 0 Å². The van der Waals surface area contributed by atoms with Crippen molar-refractivity contribution in [3.05, 3.63) is 29.6 Å². The van der Waals surface area contributed by atoms with Gasteiger partial charge < -0.3 is 4.74 Å². The molecule has 0 N–H and O–H groups in total. The number of hydrogen-bond acceptors (Lipinski definition) is 2. The first-order chi connectivity index (χ1) is 12.3. The maximum absolute atomic E-state index is 14.4. The molecule has 0 heterocycles. The third-order valence-electron chi connectivity index (χ3n) is 5.87. The SMILES string of the molecule is Fc1cc(OC(F)(F)C2CCC(C3CCC(S)CC3)CC2)cc(F)c1F. The Bertz CT molecular complexity index is 599. The summed E-state index contributed by atoms with van der Waals surface area (Å²) in [7, 11) is 0. The second kappa shape index (κ2) is 7.95. The molecule has 1 nitrogen and oxygen atoms in total. The predicted octanol–water partition coefficient (Wildman–Crippen LogP) is 6.37. The molecule has 0 atom stereocenters. The van der Waals surface area contributed by atoms with Crippen LogP contribution < -0.4 is 4.74 Å². The van der Waals surface area contributed by atoms with Crippen LogP contribution in [0, 0.1) is 35.2 Å². The van der Waals surface area contributed by atoms with Crippen LogP contribution >= 0.6 is 12.6 Å². The quantitative estimate of drug-likeness (QED) is 0.355. The molecule has 1 aromatic carbocycles. The Kier molecular flexibility index (Phi) is 6.04. The standard InChI is InChI=1S/C19H23F5OS/c20-16-9-14(10-17(21)18(16)22)25-19(23,24)13-5-1-11(2-6-13)12-3-7-15(26)8-4-12/h9-13,15,26H,1-8H2. The van der Waals surface area contributed by atoms with Crippen molar-refractivity contribution in [1.82, 2.24) is 0 Å². The molecule has 0 aromatic heterocycles. The van der Waals surface area contributed by atoms with Gasteiger partial charge in [0.15, 0.2) is 17.5 Å². The average molecular weight is 394 g/mol. The summed E-state index contributed by atoms with van der Waals surface area (Å²) >= 11 is 4.49.